The lowest BCUT2D eigenvalue weighted by atomic mass is 10.1. The molecule has 3 aromatic carbocycles. The van der Waals surface area contributed by atoms with Crippen molar-refractivity contribution in [3.05, 3.63) is 88.4 Å². The minimum absolute atomic E-state index is 0.136. The van der Waals surface area contributed by atoms with E-state index in [0.717, 1.165) is 0 Å². The Bertz CT molecular complexity index is 1240. The van der Waals surface area contributed by atoms with Crippen molar-refractivity contribution in [2.75, 3.05) is 14.2 Å². The summed E-state index contributed by atoms with van der Waals surface area (Å²) in [4.78, 5) is 25.2. The molecule has 162 valence electrons. The smallest absolute Gasteiger partial charge is 0.343 e. The second-order valence-corrected chi connectivity index (χ2v) is 7.02. The van der Waals surface area contributed by atoms with E-state index in [9.17, 15) is 14.0 Å². The summed E-state index contributed by atoms with van der Waals surface area (Å²) in [6.45, 7) is 1.69. The number of rotatable bonds is 5. The topological polar surface area (TPSA) is 71.1 Å². The third kappa shape index (κ3) is 3.92. The van der Waals surface area contributed by atoms with E-state index in [0.29, 0.717) is 33.9 Å². The zero-order valence-electron chi connectivity index (χ0n) is 17.6. The maximum atomic E-state index is 13.1. The van der Waals surface area contributed by atoms with Gasteiger partial charge in [-0.1, -0.05) is 6.07 Å². The first-order valence-electron chi connectivity index (χ1n) is 9.69. The van der Waals surface area contributed by atoms with Crippen molar-refractivity contribution in [3.63, 3.8) is 0 Å². The monoisotopic (exact) mass is 434 g/mol. The van der Waals surface area contributed by atoms with Crippen molar-refractivity contribution >= 4 is 17.8 Å². The summed E-state index contributed by atoms with van der Waals surface area (Å²) in [6, 6.07) is 13.4. The fraction of sp³-hybridized carbons (Fsp3) is 0.120. The second kappa shape index (κ2) is 8.55. The maximum absolute atomic E-state index is 13.1. The van der Waals surface area contributed by atoms with Gasteiger partial charge >= 0.3 is 5.97 Å². The van der Waals surface area contributed by atoms with Crippen LogP contribution in [0.2, 0.25) is 0 Å². The van der Waals surface area contributed by atoms with Gasteiger partial charge in [0.05, 0.1) is 25.3 Å². The van der Waals surface area contributed by atoms with Crippen molar-refractivity contribution in [1.82, 2.24) is 0 Å². The number of hydrogen-bond donors (Lipinski definition) is 0. The summed E-state index contributed by atoms with van der Waals surface area (Å²) in [6.07, 6.45) is 1.61. The van der Waals surface area contributed by atoms with Crippen LogP contribution >= 0.6 is 0 Å². The van der Waals surface area contributed by atoms with Crippen molar-refractivity contribution in [3.8, 4) is 23.0 Å². The van der Waals surface area contributed by atoms with Crippen molar-refractivity contribution in [2.45, 2.75) is 6.92 Å². The van der Waals surface area contributed by atoms with Crippen LogP contribution in [0.3, 0.4) is 0 Å². The van der Waals surface area contributed by atoms with E-state index in [1.165, 1.54) is 37.4 Å². The van der Waals surface area contributed by atoms with E-state index >= 15 is 0 Å². The molecule has 0 fully saturated rings. The molecule has 1 heterocycles. The number of ether oxygens (including phenoxy) is 4. The number of hydrogen-bond acceptors (Lipinski definition) is 6. The second-order valence-electron chi connectivity index (χ2n) is 7.02. The van der Waals surface area contributed by atoms with Gasteiger partial charge in [0.1, 0.15) is 17.3 Å². The van der Waals surface area contributed by atoms with Crippen molar-refractivity contribution < 1.29 is 32.9 Å². The normalized spacial score (nSPS) is 13.5. The summed E-state index contributed by atoms with van der Waals surface area (Å²) < 4.78 is 34.9. The van der Waals surface area contributed by atoms with Gasteiger partial charge in [-0.15, -0.1) is 0 Å². The average Bonchev–Trinajstić information content (AvgIpc) is 3.12. The van der Waals surface area contributed by atoms with Crippen LogP contribution in [0.1, 0.15) is 31.8 Å². The molecule has 7 heteroatoms. The van der Waals surface area contributed by atoms with Crippen LogP contribution in [-0.2, 0) is 0 Å². The molecule has 0 spiro atoms. The van der Waals surface area contributed by atoms with Gasteiger partial charge in [0.2, 0.25) is 5.78 Å². The molecule has 0 amide bonds. The van der Waals surface area contributed by atoms with Gasteiger partial charge in [0.25, 0.3) is 0 Å². The number of fused-ring (bicyclic) bond motifs is 1. The van der Waals surface area contributed by atoms with Gasteiger partial charge in [-0.05, 0) is 67.1 Å². The van der Waals surface area contributed by atoms with E-state index < -0.39 is 11.8 Å². The number of carbonyl (C=O) groups excluding carboxylic acids is 2. The van der Waals surface area contributed by atoms with E-state index in [2.05, 4.69) is 0 Å². The van der Waals surface area contributed by atoms with E-state index in [1.54, 1.807) is 44.4 Å². The molecule has 0 radical (unpaired) electrons. The molecule has 4 rings (SSSR count). The number of methoxy groups -OCH3 is 2. The molecule has 0 saturated heterocycles. The Kier molecular flexibility index (Phi) is 5.64. The zero-order valence-corrected chi connectivity index (χ0v) is 17.6. The number of esters is 1. The highest BCUT2D eigenvalue weighted by atomic mass is 19.1. The van der Waals surface area contributed by atoms with Gasteiger partial charge in [-0.2, -0.15) is 0 Å². The third-order valence-corrected chi connectivity index (χ3v) is 5.02. The van der Waals surface area contributed by atoms with Crippen LogP contribution < -0.4 is 18.9 Å². The molecule has 0 atom stereocenters. The third-order valence-electron chi connectivity index (χ3n) is 5.02. The minimum atomic E-state index is -0.640. The number of ketones is 1. The van der Waals surface area contributed by atoms with Crippen molar-refractivity contribution in [1.29, 1.82) is 0 Å². The summed E-state index contributed by atoms with van der Waals surface area (Å²) in [5, 5.41) is 0. The van der Waals surface area contributed by atoms with E-state index in [1.807, 2.05) is 0 Å². The minimum Gasteiger partial charge on any atom is -0.493 e. The SMILES string of the molecule is COc1ccc(/C=C2\Oc3c(ccc(OC(=O)c4ccc(F)cc4)c3C)C2=O)cc1OC. The predicted octanol–water partition coefficient (Wildman–Crippen LogP) is 4.99. The molecule has 1 aliphatic rings. The Balaban J connectivity index is 1.60. The number of carbonyl (C=O) groups is 2. The van der Waals surface area contributed by atoms with Gasteiger partial charge in [-0.25, -0.2) is 9.18 Å². The van der Waals surface area contributed by atoms with E-state index in [-0.39, 0.29) is 22.9 Å². The lowest BCUT2D eigenvalue weighted by Crippen LogP contribution is -2.09. The number of halogens is 1. The predicted molar refractivity (Wildman–Crippen MR) is 115 cm³/mol. The highest BCUT2D eigenvalue weighted by molar-refractivity contribution is 6.15. The molecule has 1 aliphatic heterocycles. The summed E-state index contributed by atoms with van der Waals surface area (Å²) in [5.74, 6) is 0.432. The molecular weight excluding hydrogens is 415 g/mol. The molecule has 0 unspecified atom stereocenters. The maximum Gasteiger partial charge on any atom is 0.343 e. The van der Waals surface area contributed by atoms with Gasteiger partial charge in [-0.3, -0.25) is 4.79 Å². The summed E-state index contributed by atoms with van der Waals surface area (Å²) in [7, 11) is 3.07. The highest BCUT2D eigenvalue weighted by Gasteiger charge is 2.30. The highest BCUT2D eigenvalue weighted by Crippen LogP contribution is 2.40. The molecule has 3 aromatic rings. The number of allylic oxidation sites excluding steroid dienone is 1. The van der Waals surface area contributed by atoms with Gasteiger partial charge < -0.3 is 18.9 Å². The average molecular weight is 434 g/mol. The lowest BCUT2D eigenvalue weighted by molar-refractivity contribution is 0.0733. The number of benzene rings is 3. The van der Waals surface area contributed by atoms with Crippen LogP contribution in [0.4, 0.5) is 4.39 Å². The van der Waals surface area contributed by atoms with Crippen molar-refractivity contribution in [2.24, 2.45) is 0 Å². The van der Waals surface area contributed by atoms with Crippen LogP contribution in [-0.4, -0.2) is 26.0 Å². The van der Waals surface area contributed by atoms with Crippen LogP contribution in [0.25, 0.3) is 6.08 Å². The quantitative estimate of drug-likeness (QED) is 0.320. The first kappa shape index (κ1) is 21.1. The lowest BCUT2D eigenvalue weighted by Gasteiger charge is -2.10. The standard InChI is InChI=1S/C25H19FO6/c1-14-19(32-25(28)16-5-7-17(26)8-6-16)11-9-18-23(27)22(31-24(14)18)13-15-4-10-20(29-2)21(12-15)30-3/h4-13H,1-3H3/b22-13-. The Labute approximate surface area is 183 Å². The van der Waals surface area contributed by atoms with Crippen LogP contribution in [0.15, 0.2) is 60.4 Å². The Morgan fingerprint density at radius 3 is 2.31 bits per heavy atom. The van der Waals surface area contributed by atoms with Crippen LogP contribution in [0.5, 0.6) is 23.0 Å². The molecule has 0 aliphatic carbocycles. The molecule has 0 aromatic heterocycles. The molecule has 0 N–H and O–H groups in total. The first-order chi connectivity index (χ1) is 15.4. The van der Waals surface area contributed by atoms with Crippen LogP contribution in [0, 0.1) is 12.7 Å². The molecule has 0 saturated carbocycles. The largest absolute Gasteiger partial charge is 0.493 e. The van der Waals surface area contributed by atoms with Gasteiger partial charge in [0, 0.05) is 5.56 Å². The summed E-state index contributed by atoms with van der Waals surface area (Å²) in [5.41, 5.74) is 1.77. The molecule has 6 nitrogen and oxygen atoms in total. The Hall–Kier alpha value is -4.13. The molecule has 0 bridgehead atoms. The first-order valence-corrected chi connectivity index (χ1v) is 9.69. The molecular formula is C25H19FO6. The Morgan fingerprint density at radius 1 is 0.938 bits per heavy atom. The van der Waals surface area contributed by atoms with E-state index in [4.69, 9.17) is 18.9 Å². The van der Waals surface area contributed by atoms with Gasteiger partial charge in [0.15, 0.2) is 17.3 Å². The fourth-order valence-corrected chi connectivity index (χ4v) is 3.32. The summed E-state index contributed by atoms with van der Waals surface area (Å²) >= 11 is 0. The number of Topliss-reactive ketones (excluding diaryl/α,β-unsaturated/α-hetero) is 1. The fourth-order valence-electron chi connectivity index (χ4n) is 3.32. The zero-order chi connectivity index (χ0) is 22.8. The Morgan fingerprint density at radius 2 is 1.62 bits per heavy atom. The molecule has 32 heavy (non-hydrogen) atoms.